The van der Waals surface area contributed by atoms with Gasteiger partial charge in [-0.1, -0.05) is 0 Å². The van der Waals surface area contributed by atoms with Crippen LogP contribution in [0, 0.1) is 17.1 Å². The van der Waals surface area contributed by atoms with Gasteiger partial charge in [0.15, 0.2) is 0 Å². The lowest BCUT2D eigenvalue weighted by atomic mass is 10.2. The molecular weight excluding hydrogens is 128 g/mol. The van der Waals surface area contributed by atoms with E-state index in [0.29, 0.717) is 5.56 Å². The first-order chi connectivity index (χ1) is 4.33. The molecule has 10 heavy (non-hydrogen) atoms. The van der Waals surface area contributed by atoms with Gasteiger partial charge in [0.2, 0.25) is 0 Å². The van der Waals surface area contributed by atoms with Crippen LogP contribution in [0.15, 0.2) is 24.3 Å². The monoisotopic (exact) mass is 135 g/mol. The normalized spacial score (nSPS) is 7.60. The van der Waals surface area contributed by atoms with Crippen LogP contribution in [0.25, 0.3) is 0 Å². The molecule has 3 heteroatoms. The predicted molar refractivity (Wildman–Crippen MR) is 41.1 cm³/mol. The predicted octanol–water partition coefficient (Wildman–Crippen LogP) is 0.513. The van der Waals surface area contributed by atoms with E-state index in [2.05, 4.69) is 0 Å². The van der Waals surface area contributed by atoms with Gasteiger partial charge < -0.3 is 0 Å². The maximum absolute atomic E-state index is 12.1. The number of rotatable bonds is 0. The Morgan fingerprint density at radius 1 is 1.20 bits per heavy atom. The first-order valence-corrected chi connectivity index (χ1v) is 2.48. The van der Waals surface area contributed by atoms with Crippen LogP contribution in [0.5, 0.6) is 0 Å². The molecule has 0 amide bonds. The van der Waals surface area contributed by atoms with Gasteiger partial charge in [-0.15, -0.1) is 0 Å². The molecule has 0 saturated carbocycles. The summed E-state index contributed by atoms with van der Waals surface area (Å²) in [6, 6.07) is 7.29. The zero-order valence-corrected chi connectivity index (χ0v) is 4.63. The standard InChI is InChI=1S/C7H4FN.BH3/c8-7-3-1-6(5-9)2-4-7;/h1-4H;1H3. The Labute approximate surface area is 60.7 Å². The number of nitriles is 1. The van der Waals surface area contributed by atoms with Crippen LogP contribution in [0.2, 0.25) is 0 Å². The zero-order valence-electron chi connectivity index (χ0n) is 4.63. The number of nitrogens with zero attached hydrogens (tertiary/aromatic N) is 1. The van der Waals surface area contributed by atoms with Gasteiger partial charge in [0.1, 0.15) is 5.82 Å². The zero-order chi connectivity index (χ0) is 6.69. The molecule has 0 aliphatic heterocycles. The average molecular weight is 135 g/mol. The third-order valence-corrected chi connectivity index (χ3v) is 0.973. The molecule has 0 saturated heterocycles. The molecule has 0 radical (unpaired) electrons. The lowest BCUT2D eigenvalue weighted by Gasteiger charge is -1.84. The van der Waals surface area contributed by atoms with Crippen LogP contribution in [-0.4, -0.2) is 8.41 Å². The summed E-state index contributed by atoms with van der Waals surface area (Å²) in [6.45, 7) is 0. The van der Waals surface area contributed by atoms with Crippen LogP contribution in [0.1, 0.15) is 5.56 Å². The van der Waals surface area contributed by atoms with Gasteiger partial charge in [0.25, 0.3) is 0 Å². The van der Waals surface area contributed by atoms with Crippen molar-refractivity contribution in [2.24, 2.45) is 0 Å². The molecule has 0 fully saturated rings. The van der Waals surface area contributed by atoms with Crippen molar-refractivity contribution in [1.29, 1.82) is 5.26 Å². The first kappa shape index (κ1) is 8.70. The minimum absolute atomic E-state index is 0. The van der Waals surface area contributed by atoms with E-state index in [-0.39, 0.29) is 14.2 Å². The van der Waals surface area contributed by atoms with Gasteiger partial charge in [-0.3, -0.25) is 0 Å². The molecule has 0 aliphatic rings. The highest BCUT2D eigenvalue weighted by atomic mass is 19.1. The van der Waals surface area contributed by atoms with Crippen LogP contribution >= 0.6 is 0 Å². The third-order valence-electron chi connectivity index (χ3n) is 0.973. The van der Waals surface area contributed by atoms with Gasteiger partial charge in [-0.2, -0.15) is 5.26 Å². The van der Waals surface area contributed by atoms with Gasteiger partial charge in [-0.25, -0.2) is 4.39 Å². The molecule has 50 valence electrons. The van der Waals surface area contributed by atoms with Crippen molar-refractivity contribution in [3.8, 4) is 6.07 Å². The fraction of sp³-hybridized carbons (Fsp3) is 0. The van der Waals surface area contributed by atoms with Crippen LogP contribution in [0.3, 0.4) is 0 Å². The number of halogens is 1. The van der Waals surface area contributed by atoms with E-state index < -0.39 is 0 Å². The van der Waals surface area contributed by atoms with Crippen molar-refractivity contribution in [1.82, 2.24) is 0 Å². The molecule has 0 aromatic heterocycles. The number of hydrogen-bond donors (Lipinski definition) is 0. The fourth-order valence-electron chi connectivity index (χ4n) is 0.524. The summed E-state index contributed by atoms with van der Waals surface area (Å²) in [5, 5.41) is 8.26. The molecule has 0 atom stereocenters. The summed E-state index contributed by atoms with van der Waals surface area (Å²) in [7, 11) is 0. The Hall–Kier alpha value is -1.30. The molecule has 1 rings (SSSR count). The molecule has 1 nitrogen and oxygen atoms in total. The average Bonchev–Trinajstić information content (AvgIpc) is 1.90. The summed E-state index contributed by atoms with van der Waals surface area (Å²) in [6.07, 6.45) is 0. The van der Waals surface area contributed by atoms with Crippen LogP contribution in [0.4, 0.5) is 4.39 Å². The second-order valence-corrected chi connectivity index (χ2v) is 1.62. The SMILES string of the molecule is B.N#Cc1ccc(F)cc1. The van der Waals surface area contributed by atoms with E-state index in [1.807, 2.05) is 6.07 Å². The molecular formula is C7H7BFN. The smallest absolute Gasteiger partial charge is 0.123 e. The van der Waals surface area contributed by atoms with E-state index >= 15 is 0 Å². The van der Waals surface area contributed by atoms with Gasteiger partial charge in [-0.05, 0) is 24.3 Å². The Kier molecular flexibility index (Phi) is 3.20. The number of hydrogen-bond acceptors (Lipinski definition) is 1. The third kappa shape index (κ3) is 1.90. The minimum Gasteiger partial charge on any atom is -0.207 e. The van der Waals surface area contributed by atoms with Gasteiger partial charge >= 0.3 is 0 Å². The van der Waals surface area contributed by atoms with Crippen molar-refractivity contribution in [3.63, 3.8) is 0 Å². The van der Waals surface area contributed by atoms with Crippen LogP contribution < -0.4 is 0 Å². The first-order valence-electron chi connectivity index (χ1n) is 2.48. The summed E-state index contributed by atoms with van der Waals surface area (Å²) >= 11 is 0. The topological polar surface area (TPSA) is 23.8 Å². The summed E-state index contributed by atoms with van der Waals surface area (Å²) in [5.41, 5.74) is 0.483. The minimum atomic E-state index is -0.311. The molecule has 0 unspecified atom stereocenters. The Morgan fingerprint density at radius 2 is 1.70 bits per heavy atom. The lowest BCUT2D eigenvalue weighted by Crippen LogP contribution is -1.73. The summed E-state index contributed by atoms with van der Waals surface area (Å²) in [4.78, 5) is 0. The Morgan fingerprint density at radius 3 is 2.10 bits per heavy atom. The van der Waals surface area contributed by atoms with Crippen LogP contribution in [-0.2, 0) is 0 Å². The fourth-order valence-corrected chi connectivity index (χ4v) is 0.524. The van der Waals surface area contributed by atoms with Crippen molar-refractivity contribution in [2.45, 2.75) is 0 Å². The van der Waals surface area contributed by atoms with Crippen molar-refractivity contribution in [2.75, 3.05) is 0 Å². The summed E-state index contributed by atoms with van der Waals surface area (Å²) < 4.78 is 12.1. The molecule has 0 N–H and O–H groups in total. The van der Waals surface area contributed by atoms with E-state index in [0.717, 1.165) is 0 Å². The lowest BCUT2D eigenvalue weighted by molar-refractivity contribution is 0.627. The highest BCUT2D eigenvalue weighted by Crippen LogP contribution is 1.99. The maximum Gasteiger partial charge on any atom is 0.123 e. The van der Waals surface area contributed by atoms with E-state index in [4.69, 9.17) is 5.26 Å². The van der Waals surface area contributed by atoms with Gasteiger partial charge in [0.05, 0.1) is 20.0 Å². The van der Waals surface area contributed by atoms with E-state index in [1.54, 1.807) is 0 Å². The largest absolute Gasteiger partial charge is 0.207 e. The Bertz CT molecular complexity index is 237. The van der Waals surface area contributed by atoms with Crippen molar-refractivity contribution < 1.29 is 4.39 Å². The second kappa shape index (κ2) is 3.68. The van der Waals surface area contributed by atoms with Crippen molar-refractivity contribution >= 4 is 8.41 Å². The van der Waals surface area contributed by atoms with Gasteiger partial charge in [0, 0.05) is 0 Å². The Balaban J connectivity index is 0.000000810. The maximum atomic E-state index is 12.1. The second-order valence-electron chi connectivity index (χ2n) is 1.62. The highest BCUT2D eigenvalue weighted by molar-refractivity contribution is 5.75. The molecule has 0 aliphatic carbocycles. The molecule has 0 heterocycles. The quantitative estimate of drug-likeness (QED) is 0.475. The molecule has 1 aromatic carbocycles. The number of benzene rings is 1. The highest BCUT2D eigenvalue weighted by Gasteiger charge is 1.87. The van der Waals surface area contributed by atoms with E-state index in [9.17, 15) is 4.39 Å². The van der Waals surface area contributed by atoms with Crippen molar-refractivity contribution in [3.05, 3.63) is 35.6 Å². The summed E-state index contributed by atoms with van der Waals surface area (Å²) in [5.74, 6) is -0.311. The molecule has 0 spiro atoms. The molecule has 1 aromatic rings. The van der Waals surface area contributed by atoms with E-state index in [1.165, 1.54) is 24.3 Å². The molecule has 0 bridgehead atoms.